The molecule has 0 aliphatic rings. The maximum atomic E-state index is 12.2. The van der Waals surface area contributed by atoms with Gasteiger partial charge < -0.3 is 10.6 Å². The van der Waals surface area contributed by atoms with Crippen molar-refractivity contribution in [1.29, 1.82) is 5.26 Å². The summed E-state index contributed by atoms with van der Waals surface area (Å²) in [5.41, 5.74) is 5.21. The van der Waals surface area contributed by atoms with Gasteiger partial charge in [0.05, 0.1) is 25.1 Å². The molecule has 0 bridgehead atoms. The number of hydrogen-bond donors (Lipinski definition) is 1. The van der Waals surface area contributed by atoms with Crippen molar-refractivity contribution in [2.45, 2.75) is 27.7 Å². The van der Waals surface area contributed by atoms with Gasteiger partial charge in [0.2, 0.25) is 11.8 Å². The third-order valence-electron chi connectivity index (χ3n) is 2.81. The summed E-state index contributed by atoms with van der Waals surface area (Å²) in [5, 5.41) is 8.82. The van der Waals surface area contributed by atoms with Gasteiger partial charge >= 0.3 is 0 Å². The molecule has 0 spiro atoms. The lowest BCUT2D eigenvalue weighted by atomic mass is 10.2. The molecule has 2 N–H and O–H groups in total. The number of carbonyl (C=O) groups excluding carboxylic acids is 2. The van der Waals surface area contributed by atoms with E-state index in [9.17, 15) is 9.59 Å². The van der Waals surface area contributed by atoms with E-state index in [0.717, 1.165) is 0 Å². The molecule has 0 aliphatic carbocycles. The Balaban J connectivity index is 4.62. The predicted molar refractivity (Wildman–Crippen MR) is 77.5 cm³/mol. The third kappa shape index (κ3) is 7.74. The highest BCUT2D eigenvalue weighted by atomic mass is 16.2. The smallest absolute Gasteiger partial charge is 0.236 e. The molecule has 0 heterocycles. The lowest BCUT2D eigenvalue weighted by Crippen LogP contribution is -2.45. The number of likely N-dealkylation sites (N-methyl/N-ethyl adjacent to an activating group) is 1. The van der Waals surface area contributed by atoms with Crippen LogP contribution in [0.1, 0.15) is 27.7 Å². The lowest BCUT2D eigenvalue weighted by molar-refractivity contribution is -0.133. The molecule has 0 rings (SSSR count). The molecule has 0 aromatic heterocycles. The molecular formula is C14H26N4O2. The molecule has 114 valence electrons. The number of nitriles is 1. The van der Waals surface area contributed by atoms with Crippen LogP contribution in [0.5, 0.6) is 0 Å². The second-order valence-electron chi connectivity index (χ2n) is 5.49. The number of carbonyl (C=O) groups is 2. The minimum atomic E-state index is -0.438. The summed E-state index contributed by atoms with van der Waals surface area (Å²) in [6, 6.07) is 2.12. The van der Waals surface area contributed by atoms with E-state index in [2.05, 4.69) is 6.07 Å². The average Bonchev–Trinajstić information content (AvgIpc) is 2.33. The highest BCUT2D eigenvalue weighted by Gasteiger charge is 2.19. The lowest BCUT2D eigenvalue weighted by Gasteiger charge is -2.27. The maximum Gasteiger partial charge on any atom is 0.236 e. The van der Waals surface area contributed by atoms with Crippen LogP contribution in [-0.2, 0) is 9.59 Å². The van der Waals surface area contributed by atoms with Gasteiger partial charge in [-0.05, 0) is 19.8 Å². The molecule has 1 atom stereocenters. The summed E-state index contributed by atoms with van der Waals surface area (Å²) in [5.74, 6) is -0.368. The first-order chi connectivity index (χ1) is 9.29. The fourth-order valence-electron chi connectivity index (χ4n) is 1.99. The molecule has 1 unspecified atom stereocenters. The Labute approximate surface area is 121 Å². The molecule has 0 saturated carbocycles. The Bertz CT molecular complexity index is 363. The Morgan fingerprint density at radius 1 is 1.20 bits per heavy atom. The van der Waals surface area contributed by atoms with Gasteiger partial charge in [0.1, 0.15) is 0 Å². The fourth-order valence-corrected chi connectivity index (χ4v) is 1.99. The highest BCUT2D eigenvalue weighted by molar-refractivity contribution is 5.80. The Hall–Kier alpha value is -1.61. The van der Waals surface area contributed by atoms with E-state index in [4.69, 9.17) is 11.0 Å². The molecule has 6 heteroatoms. The highest BCUT2D eigenvalue weighted by Crippen LogP contribution is 2.03. The van der Waals surface area contributed by atoms with E-state index < -0.39 is 5.91 Å². The third-order valence-corrected chi connectivity index (χ3v) is 2.81. The second-order valence-corrected chi connectivity index (χ2v) is 5.49. The first kappa shape index (κ1) is 18.4. The van der Waals surface area contributed by atoms with Crippen LogP contribution in [-0.4, -0.2) is 54.3 Å². The van der Waals surface area contributed by atoms with Crippen LogP contribution < -0.4 is 5.73 Å². The van der Waals surface area contributed by atoms with Crippen molar-refractivity contribution in [1.82, 2.24) is 9.80 Å². The molecule has 0 aromatic rings. The van der Waals surface area contributed by atoms with Crippen molar-refractivity contribution in [3.63, 3.8) is 0 Å². The first-order valence-electron chi connectivity index (χ1n) is 6.98. The van der Waals surface area contributed by atoms with Gasteiger partial charge in [-0.15, -0.1) is 0 Å². The number of rotatable bonds is 9. The predicted octanol–water partition coefficient (Wildman–Crippen LogP) is 0.438. The summed E-state index contributed by atoms with van der Waals surface area (Å²) in [7, 11) is 0. The zero-order valence-electron chi connectivity index (χ0n) is 12.9. The monoisotopic (exact) mass is 282 g/mol. The van der Waals surface area contributed by atoms with E-state index >= 15 is 0 Å². The number of hydrogen-bond acceptors (Lipinski definition) is 4. The van der Waals surface area contributed by atoms with Gasteiger partial charge in [-0.3, -0.25) is 14.5 Å². The molecule has 0 radical (unpaired) electrons. The van der Waals surface area contributed by atoms with Crippen LogP contribution in [0.25, 0.3) is 0 Å². The first-order valence-corrected chi connectivity index (χ1v) is 6.98. The maximum absolute atomic E-state index is 12.2. The van der Waals surface area contributed by atoms with Crippen LogP contribution >= 0.6 is 0 Å². The number of primary amides is 1. The normalized spacial score (nSPS) is 12.2. The summed E-state index contributed by atoms with van der Waals surface area (Å²) in [6.07, 6.45) is 0. The summed E-state index contributed by atoms with van der Waals surface area (Å²) < 4.78 is 0. The van der Waals surface area contributed by atoms with E-state index in [1.165, 1.54) is 0 Å². The fraction of sp³-hybridized carbons (Fsp3) is 0.786. The molecule has 6 nitrogen and oxygen atoms in total. The summed E-state index contributed by atoms with van der Waals surface area (Å²) in [6.45, 7) is 9.55. The standard InChI is InChI=1S/C14H26N4O2/c1-5-18(8-12(4)6-15)14(20)10-17(7-11(2)3)9-13(16)19/h11-12H,5,7-10H2,1-4H3,(H2,16,19). The number of nitrogens with zero attached hydrogens (tertiary/aromatic N) is 3. The van der Waals surface area contributed by atoms with Crippen molar-refractivity contribution in [3.8, 4) is 6.07 Å². The van der Waals surface area contributed by atoms with E-state index in [1.54, 1.807) is 16.7 Å². The van der Waals surface area contributed by atoms with E-state index in [0.29, 0.717) is 25.6 Å². The molecule has 2 amide bonds. The van der Waals surface area contributed by atoms with Gasteiger partial charge in [0, 0.05) is 19.6 Å². The van der Waals surface area contributed by atoms with Gasteiger partial charge in [-0.1, -0.05) is 13.8 Å². The minimum absolute atomic E-state index is 0.0727. The summed E-state index contributed by atoms with van der Waals surface area (Å²) in [4.78, 5) is 26.7. The van der Waals surface area contributed by atoms with E-state index in [-0.39, 0.29) is 24.9 Å². The Morgan fingerprint density at radius 3 is 2.20 bits per heavy atom. The van der Waals surface area contributed by atoms with Crippen molar-refractivity contribution in [2.24, 2.45) is 17.6 Å². The largest absolute Gasteiger partial charge is 0.369 e. The van der Waals surface area contributed by atoms with Crippen LogP contribution in [0.15, 0.2) is 0 Å². The van der Waals surface area contributed by atoms with Crippen LogP contribution in [0.4, 0.5) is 0 Å². The minimum Gasteiger partial charge on any atom is -0.369 e. The average molecular weight is 282 g/mol. The van der Waals surface area contributed by atoms with Crippen LogP contribution in [0, 0.1) is 23.2 Å². The SMILES string of the molecule is CCN(CC(C)C#N)C(=O)CN(CC(N)=O)CC(C)C. The van der Waals surface area contributed by atoms with Crippen LogP contribution in [0.3, 0.4) is 0 Å². The van der Waals surface area contributed by atoms with Crippen molar-refractivity contribution in [2.75, 3.05) is 32.7 Å². The van der Waals surface area contributed by atoms with Crippen molar-refractivity contribution >= 4 is 11.8 Å². The Kier molecular flexibility index (Phi) is 8.57. The zero-order valence-corrected chi connectivity index (χ0v) is 12.9. The topological polar surface area (TPSA) is 90.4 Å². The number of amides is 2. The number of nitrogens with two attached hydrogens (primary N) is 1. The van der Waals surface area contributed by atoms with E-state index in [1.807, 2.05) is 20.8 Å². The molecule has 0 saturated heterocycles. The van der Waals surface area contributed by atoms with Crippen molar-refractivity contribution in [3.05, 3.63) is 0 Å². The van der Waals surface area contributed by atoms with Crippen LogP contribution in [0.2, 0.25) is 0 Å². The molecule has 20 heavy (non-hydrogen) atoms. The molecule has 0 aliphatic heterocycles. The van der Waals surface area contributed by atoms with Gasteiger partial charge in [-0.2, -0.15) is 5.26 Å². The van der Waals surface area contributed by atoms with Gasteiger partial charge in [-0.25, -0.2) is 0 Å². The van der Waals surface area contributed by atoms with Crippen molar-refractivity contribution < 1.29 is 9.59 Å². The second kappa shape index (κ2) is 9.32. The molecular weight excluding hydrogens is 256 g/mol. The summed E-state index contributed by atoms with van der Waals surface area (Å²) >= 11 is 0. The van der Waals surface area contributed by atoms with Gasteiger partial charge in [0.25, 0.3) is 0 Å². The van der Waals surface area contributed by atoms with Gasteiger partial charge in [0.15, 0.2) is 0 Å². The zero-order chi connectivity index (χ0) is 15.7. The molecule has 0 fully saturated rings. The molecule has 0 aromatic carbocycles. The quantitative estimate of drug-likeness (QED) is 0.664. The Morgan fingerprint density at radius 2 is 1.80 bits per heavy atom.